The largest absolute Gasteiger partial charge is 0.292 e. The van der Waals surface area contributed by atoms with Gasteiger partial charge in [-0.25, -0.2) is 0 Å². The van der Waals surface area contributed by atoms with E-state index < -0.39 is 4.87 Å². The Morgan fingerprint density at radius 1 is 1.20 bits per heavy atom. The van der Waals surface area contributed by atoms with Gasteiger partial charge in [-0.1, -0.05) is 23.7 Å². The highest BCUT2D eigenvalue weighted by molar-refractivity contribution is 6.51. The highest BCUT2D eigenvalue weighted by Crippen LogP contribution is 2.40. The first-order valence-electron chi connectivity index (χ1n) is 6.97. The molecule has 4 heteroatoms. The van der Waals surface area contributed by atoms with Crippen molar-refractivity contribution in [2.75, 3.05) is 0 Å². The van der Waals surface area contributed by atoms with Crippen molar-refractivity contribution in [2.24, 2.45) is 0 Å². The summed E-state index contributed by atoms with van der Waals surface area (Å²) >= 11 is 6.27. The van der Waals surface area contributed by atoms with Gasteiger partial charge in [0, 0.05) is 16.6 Å². The van der Waals surface area contributed by atoms with E-state index in [1.807, 2.05) is 12.1 Å². The zero-order chi connectivity index (χ0) is 14.1. The maximum atomic E-state index is 12.7. The van der Waals surface area contributed by atoms with Crippen molar-refractivity contribution < 1.29 is 9.59 Å². The van der Waals surface area contributed by atoms with Crippen molar-refractivity contribution in [3.8, 4) is 0 Å². The number of Topliss-reactive ketones (excluding diaryl/α,β-unsaturated/α-hetero) is 1. The highest BCUT2D eigenvalue weighted by Gasteiger charge is 2.47. The minimum absolute atomic E-state index is 0.280. The van der Waals surface area contributed by atoms with Crippen molar-refractivity contribution in [1.82, 2.24) is 4.57 Å². The number of hydrogen-bond donors (Lipinski definition) is 0. The van der Waals surface area contributed by atoms with Crippen LogP contribution in [0, 0.1) is 0 Å². The summed E-state index contributed by atoms with van der Waals surface area (Å²) in [6.45, 7) is 1.51. The summed E-state index contributed by atoms with van der Waals surface area (Å²) in [6, 6.07) is 5.67. The first-order valence-corrected chi connectivity index (χ1v) is 7.35. The van der Waals surface area contributed by atoms with E-state index >= 15 is 0 Å². The van der Waals surface area contributed by atoms with Crippen LogP contribution in [-0.4, -0.2) is 21.1 Å². The minimum atomic E-state index is -1.48. The number of hydrogen-bond acceptors (Lipinski definition) is 2. The van der Waals surface area contributed by atoms with Gasteiger partial charge in [0.1, 0.15) is 0 Å². The maximum absolute atomic E-state index is 12.7. The predicted octanol–water partition coefficient (Wildman–Crippen LogP) is 3.35. The molecule has 0 saturated carbocycles. The molecule has 2 heterocycles. The van der Waals surface area contributed by atoms with E-state index in [1.165, 1.54) is 12.5 Å². The van der Waals surface area contributed by atoms with Crippen molar-refractivity contribution in [1.29, 1.82) is 0 Å². The zero-order valence-corrected chi connectivity index (χ0v) is 12.0. The molecule has 2 aliphatic rings. The molecule has 0 spiro atoms. The van der Waals surface area contributed by atoms with Crippen molar-refractivity contribution in [2.45, 2.75) is 37.5 Å². The van der Waals surface area contributed by atoms with Crippen molar-refractivity contribution in [3.05, 3.63) is 35.0 Å². The summed E-state index contributed by atoms with van der Waals surface area (Å²) < 4.78 is 1.72. The van der Waals surface area contributed by atoms with Crippen LogP contribution in [0.15, 0.2) is 18.2 Å². The number of aromatic nitrogens is 1. The van der Waals surface area contributed by atoms with Crippen LogP contribution in [0.4, 0.5) is 0 Å². The molecule has 1 aliphatic heterocycles. The van der Waals surface area contributed by atoms with Crippen LogP contribution in [0.2, 0.25) is 0 Å². The summed E-state index contributed by atoms with van der Waals surface area (Å²) in [5, 5.41) is 1.05. The van der Waals surface area contributed by atoms with Gasteiger partial charge in [0.15, 0.2) is 10.7 Å². The number of benzene rings is 1. The molecule has 3 nitrogen and oxygen atoms in total. The fourth-order valence-electron chi connectivity index (χ4n) is 3.56. The average Bonchev–Trinajstić information content (AvgIpc) is 2.79. The Morgan fingerprint density at radius 3 is 2.75 bits per heavy atom. The normalized spacial score (nSPS) is 25.1. The minimum Gasteiger partial charge on any atom is -0.292 e. The van der Waals surface area contributed by atoms with E-state index in [0.717, 1.165) is 42.3 Å². The molecule has 0 bridgehead atoms. The quantitative estimate of drug-likeness (QED) is 0.550. The van der Waals surface area contributed by atoms with E-state index in [-0.39, 0.29) is 11.7 Å². The van der Waals surface area contributed by atoms with E-state index in [0.29, 0.717) is 5.56 Å². The fourth-order valence-corrected chi connectivity index (χ4v) is 3.74. The summed E-state index contributed by atoms with van der Waals surface area (Å²) in [6.07, 6.45) is 4.08. The van der Waals surface area contributed by atoms with Gasteiger partial charge in [0.2, 0.25) is 0 Å². The molecule has 1 atom stereocenters. The number of alkyl halides is 1. The van der Waals surface area contributed by atoms with Gasteiger partial charge >= 0.3 is 0 Å². The van der Waals surface area contributed by atoms with Crippen molar-refractivity contribution in [3.63, 3.8) is 0 Å². The smallest absolute Gasteiger partial charge is 0.260 e. The van der Waals surface area contributed by atoms with Crippen LogP contribution < -0.4 is 0 Å². The Balaban J connectivity index is 2.20. The van der Waals surface area contributed by atoms with Crippen LogP contribution in [0.3, 0.4) is 0 Å². The second-order valence-electron chi connectivity index (χ2n) is 5.81. The molecular formula is C16H14ClNO2. The summed E-state index contributed by atoms with van der Waals surface area (Å²) in [4.78, 5) is 23.7. The standard InChI is InChI=1S/C16H14ClNO2/c1-16(17)14(19)11-7-4-6-10-9-5-2-3-8-12(9)18(13(10)11)15(16)20/h4,6-7H,2-3,5,8H2,1H3. The first-order chi connectivity index (χ1) is 9.53. The number of para-hydroxylation sites is 1. The average molecular weight is 288 g/mol. The topological polar surface area (TPSA) is 39.1 Å². The van der Waals surface area contributed by atoms with Gasteiger partial charge in [0.05, 0.1) is 5.52 Å². The number of halogens is 1. The number of carbonyl (C=O) groups excluding carboxylic acids is 2. The molecule has 2 aromatic rings. The lowest BCUT2D eigenvalue weighted by atomic mass is 9.92. The van der Waals surface area contributed by atoms with Gasteiger partial charge in [-0.2, -0.15) is 0 Å². The molecule has 1 unspecified atom stereocenters. The third-order valence-corrected chi connectivity index (χ3v) is 4.90. The Hall–Kier alpha value is -1.61. The zero-order valence-electron chi connectivity index (χ0n) is 11.2. The van der Waals surface area contributed by atoms with E-state index in [9.17, 15) is 9.59 Å². The third-order valence-electron chi connectivity index (χ3n) is 4.57. The summed E-state index contributed by atoms with van der Waals surface area (Å²) in [5.74, 6) is -0.576. The van der Waals surface area contributed by atoms with Crippen LogP contribution in [0.25, 0.3) is 10.9 Å². The van der Waals surface area contributed by atoms with Gasteiger partial charge in [-0.3, -0.25) is 14.2 Å². The van der Waals surface area contributed by atoms with E-state index in [1.54, 1.807) is 10.6 Å². The lowest BCUT2D eigenvalue weighted by Crippen LogP contribution is -2.45. The Labute approximate surface area is 121 Å². The van der Waals surface area contributed by atoms with Crippen LogP contribution in [0.1, 0.15) is 46.2 Å². The molecule has 0 saturated heterocycles. The monoisotopic (exact) mass is 287 g/mol. The molecule has 1 aliphatic carbocycles. The number of carbonyl (C=O) groups is 2. The lowest BCUT2D eigenvalue weighted by molar-refractivity contribution is 0.0780. The molecular weight excluding hydrogens is 274 g/mol. The molecule has 20 heavy (non-hydrogen) atoms. The van der Waals surface area contributed by atoms with Gasteiger partial charge in [-0.15, -0.1) is 0 Å². The number of ketones is 1. The summed E-state index contributed by atoms with van der Waals surface area (Å²) in [5.41, 5.74) is 3.63. The second kappa shape index (κ2) is 3.73. The number of rotatable bonds is 0. The van der Waals surface area contributed by atoms with E-state index in [4.69, 9.17) is 11.6 Å². The summed E-state index contributed by atoms with van der Waals surface area (Å²) in [7, 11) is 0. The number of fused-ring (bicyclic) bond motifs is 3. The molecule has 0 fully saturated rings. The van der Waals surface area contributed by atoms with Gasteiger partial charge < -0.3 is 0 Å². The van der Waals surface area contributed by atoms with Crippen molar-refractivity contribution >= 4 is 34.2 Å². The van der Waals surface area contributed by atoms with Crippen LogP contribution in [-0.2, 0) is 12.8 Å². The molecule has 1 aromatic heterocycles. The molecule has 0 amide bonds. The highest BCUT2D eigenvalue weighted by atomic mass is 35.5. The van der Waals surface area contributed by atoms with Crippen LogP contribution in [0.5, 0.6) is 0 Å². The molecule has 0 N–H and O–H groups in total. The molecule has 1 aromatic carbocycles. The Kier molecular flexibility index (Phi) is 2.27. The fraction of sp³-hybridized carbons (Fsp3) is 0.375. The van der Waals surface area contributed by atoms with Gasteiger partial charge in [0.25, 0.3) is 5.91 Å². The lowest BCUT2D eigenvalue weighted by Gasteiger charge is -2.27. The van der Waals surface area contributed by atoms with Crippen LogP contribution >= 0.6 is 11.6 Å². The predicted molar refractivity (Wildman–Crippen MR) is 77.8 cm³/mol. The Morgan fingerprint density at radius 2 is 1.95 bits per heavy atom. The first kappa shape index (κ1) is 12.2. The SMILES string of the molecule is CC1(Cl)C(=O)c2cccc3c4c(n(c23)C1=O)CCCC4. The third kappa shape index (κ3) is 1.27. The Bertz CT molecular complexity index is 785. The number of nitrogens with zero attached hydrogens (tertiary/aromatic N) is 1. The molecule has 4 rings (SSSR count). The maximum Gasteiger partial charge on any atom is 0.260 e. The second-order valence-corrected chi connectivity index (χ2v) is 6.56. The molecule has 0 radical (unpaired) electrons. The van der Waals surface area contributed by atoms with Gasteiger partial charge in [-0.05, 0) is 44.2 Å². The molecule has 102 valence electrons. The number of aryl methyl sites for hydroxylation is 1. The van der Waals surface area contributed by atoms with E-state index in [2.05, 4.69) is 0 Å².